The predicted molar refractivity (Wildman–Crippen MR) is 89.9 cm³/mol. The third-order valence-electron chi connectivity index (χ3n) is 4.25. The summed E-state index contributed by atoms with van der Waals surface area (Å²) in [5.41, 5.74) is 3.01. The van der Waals surface area contributed by atoms with Crippen molar-refractivity contribution in [2.45, 2.75) is 45.6 Å². The molecule has 3 rings (SSSR count). The molecule has 0 saturated carbocycles. The largest absolute Gasteiger partial charge is 0.352 e. The number of rotatable bonds is 4. The van der Waals surface area contributed by atoms with Crippen LogP contribution in [0.25, 0.3) is 5.78 Å². The Kier molecular flexibility index (Phi) is 5.90. The molecule has 2 N–H and O–H groups in total. The molecular formula is C15H23ClN6O. The Morgan fingerprint density at radius 1 is 1.48 bits per heavy atom. The first-order valence-corrected chi connectivity index (χ1v) is 7.81. The topological polar surface area (TPSA) is 84.2 Å². The molecule has 1 aliphatic rings. The van der Waals surface area contributed by atoms with Gasteiger partial charge in [0.05, 0.1) is 0 Å². The molecule has 8 heteroatoms. The summed E-state index contributed by atoms with van der Waals surface area (Å²) in [6.07, 6.45) is 4.83. The standard InChI is InChI=1S/C15H22N6O.ClH/c1-10-13(11(2)21-15(19-10)17-9-18-21)5-6-14(22)20-12-4-3-7-16-8-12;/h9,12,16H,3-8H2,1-2H3,(H,20,22);1H/t12-;/m0./s1. The summed E-state index contributed by atoms with van der Waals surface area (Å²) in [6.45, 7) is 5.87. The number of nitrogens with one attached hydrogen (secondary N) is 2. The Balaban J connectivity index is 0.00000192. The molecule has 0 aliphatic carbocycles. The lowest BCUT2D eigenvalue weighted by atomic mass is 10.0. The van der Waals surface area contributed by atoms with Gasteiger partial charge in [-0.15, -0.1) is 12.4 Å². The van der Waals surface area contributed by atoms with E-state index in [0.717, 1.165) is 42.9 Å². The predicted octanol–water partition coefficient (Wildman–Crippen LogP) is 0.964. The van der Waals surface area contributed by atoms with Gasteiger partial charge in [-0.05, 0) is 45.2 Å². The van der Waals surface area contributed by atoms with Crippen LogP contribution in [0.3, 0.4) is 0 Å². The van der Waals surface area contributed by atoms with Gasteiger partial charge in [0.2, 0.25) is 5.91 Å². The molecule has 2 aromatic rings. The number of halogens is 1. The van der Waals surface area contributed by atoms with Gasteiger partial charge in [0, 0.05) is 30.4 Å². The molecule has 0 aromatic carbocycles. The number of hydrogen-bond acceptors (Lipinski definition) is 5. The van der Waals surface area contributed by atoms with E-state index in [4.69, 9.17) is 0 Å². The molecule has 1 aliphatic heterocycles. The first kappa shape index (κ1) is 17.6. The number of aromatic nitrogens is 4. The van der Waals surface area contributed by atoms with Crippen LogP contribution >= 0.6 is 12.4 Å². The van der Waals surface area contributed by atoms with E-state index in [0.29, 0.717) is 18.6 Å². The molecule has 0 bridgehead atoms. The highest BCUT2D eigenvalue weighted by atomic mass is 35.5. The molecule has 0 unspecified atom stereocenters. The van der Waals surface area contributed by atoms with Crippen LogP contribution in [0, 0.1) is 13.8 Å². The van der Waals surface area contributed by atoms with E-state index in [-0.39, 0.29) is 24.4 Å². The van der Waals surface area contributed by atoms with Crippen molar-refractivity contribution >= 4 is 24.1 Å². The minimum absolute atomic E-state index is 0. The summed E-state index contributed by atoms with van der Waals surface area (Å²) in [7, 11) is 0. The number of piperidine rings is 1. The zero-order valence-electron chi connectivity index (χ0n) is 13.5. The average Bonchev–Trinajstić information content (AvgIpc) is 2.96. The minimum atomic E-state index is 0. The van der Waals surface area contributed by atoms with Crippen molar-refractivity contribution in [3.05, 3.63) is 23.3 Å². The van der Waals surface area contributed by atoms with Crippen molar-refractivity contribution in [3.63, 3.8) is 0 Å². The second kappa shape index (κ2) is 7.70. The molecule has 126 valence electrons. The van der Waals surface area contributed by atoms with Gasteiger partial charge in [-0.2, -0.15) is 10.1 Å². The molecule has 0 spiro atoms. The summed E-state index contributed by atoms with van der Waals surface area (Å²) in [4.78, 5) is 20.7. The molecule has 3 heterocycles. The van der Waals surface area contributed by atoms with Crippen LogP contribution in [0.4, 0.5) is 0 Å². The van der Waals surface area contributed by atoms with E-state index in [1.54, 1.807) is 4.52 Å². The van der Waals surface area contributed by atoms with Gasteiger partial charge in [0.1, 0.15) is 6.33 Å². The lowest BCUT2D eigenvalue weighted by molar-refractivity contribution is -0.121. The van der Waals surface area contributed by atoms with Crippen LogP contribution in [0.15, 0.2) is 6.33 Å². The molecule has 23 heavy (non-hydrogen) atoms. The van der Waals surface area contributed by atoms with Gasteiger partial charge in [0.15, 0.2) is 0 Å². The van der Waals surface area contributed by atoms with Crippen molar-refractivity contribution in [2.24, 2.45) is 0 Å². The zero-order valence-corrected chi connectivity index (χ0v) is 14.3. The monoisotopic (exact) mass is 338 g/mol. The Bertz CT molecular complexity index is 680. The molecule has 0 radical (unpaired) electrons. The highest BCUT2D eigenvalue weighted by Gasteiger charge is 2.16. The summed E-state index contributed by atoms with van der Waals surface area (Å²) in [6, 6.07) is 0.263. The van der Waals surface area contributed by atoms with E-state index < -0.39 is 0 Å². The first-order chi connectivity index (χ1) is 10.6. The molecule has 2 aromatic heterocycles. The van der Waals surface area contributed by atoms with Crippen LogP contribution in [0.2, 0.25) is 0 Å². The maximum Gasteiger partial charge on any atom is 0.252 e. The summed E-state index contributed by atoms with van der Waals surface area (Å²) >= 11 is 0. The van der Waals surface area contributed by atoms with Gasteiger partial charge in [0.25, 0.3) is 5.78 Å². The SMILES string of the molecule is Cc1nc2ncnn2c(C)c1CCC(=O)N[C@H]1CCCNC1.Cl. The van der Waals surface area contributed by atoms with Gasteiger partial charge < -0.3 is 10.6 Å². The lowest BCUT2D eigenvalue weighted by Gasteiger charge is -2.23. The highest BCUT2D eigenvalue weighted by molar-refractivity contribution is 5.85. The quantitative estimate of drug-likeness (QED) is 0.867. The summed E-state index contributed by atoms with van der Waals surface area (Å²) in [5, 5.41) is 10.6. The second-order valence-corrected chi connectivity index (χ2v) is 5.84. The number of amides is 1. The number of hydrogen-bond donors (Lipinski definition) is 2. The molecule has 1 fully saturated rings. The van der Waals surface area contributed by atoms with Crippen molar-refractivity contribution in [1.82, 2.24) is 30.2 Å². The van der Waals surface area contributed by atoms with Crippen LogP contribution in [0.1, 0.15) is 36.2 Å². The first-order valence-electron chi connectivity index (χ1n) is 7.81. The third-order valence-corrected chi connectivity index (χ3v) is 4.25. The van der Waals surface area contributed by atoms with Crippen molar-refractivity contribution in [2.75, 3.05) is 13.1 Å². The second-order valence-electron chi connectivity index (χ2n) is 5.84. The van der Waals surface area contributed by atoms with E-state index >= 15 is 0 Å². The molecule has 1 amide bonds. The number of carbonyl (C=O) groups excluding carboxylic acids is 1. The normalized spacial score (nSPS) is 17.7. The van der Waals surface area contributed by atoms with Crippen molar-refractivity contribution < 1.29 is 4.79 Å². The van der Waals surface area contributed by atoms with E-state index in [2.05, 4.69) is 25.7 Å². The Morgan fingerprint density at radius 2 is 2.30 bits per heavy atom. The number of nitrogens with zero attached hydrogens (tertiary/aromatic N) is 4. The van der Waals surface area contributed by atoms with Gasteiger partial charge in [-0.3, -0.25) is 4.79 Å². The van der Waals surface area contributed by atoms with E-state index in [9.17, 15) is 4.79 Å². The molecule has 7 nitrogen and oxygen atoms in total. The summed E-state index contributed by atoms with van der Waals surface area (Å²) in [5.74, 6) is 0.711. The summed E-state index contributed by atoms with van der Waals surface area (Å²) < 4.78 is 1.73. The van der Waals surface area contributed by atoms with E-state index in [1.807, 2.05) is 13.8 Å². The van der Waals surface area contributed by atoms with Gasteiger partial charge >= 0.3 is 0 Å². The van der Waals surface area contributed by atoms with Gasteiger partial charge in [-0.1, -0.05) is 0 Å². The molecular weight excluding hydrogens is 316 g/mol. The number of fused-ring (bicyclic) bond motifs is 1. The van der Waals surface area contributed by atoms with E-state index in [1.165, 1.54) is 6.33 Å². The molecule has 1 atom stereocenters. The molecule has 1 saturated heterocycles. The van der Waals surface area contributed by atoms with Crippen molar-refractivity contribution in [1.29, 1.82) is 0 Å². The van der Waals surface area contributed by atoms with Crippen LogP contribution in [0.5, 0.6) is 0 Å². The maximum atomic E-state index is 12.1. The number of carbonyl (C=O) groups is 1. The smallest absolute Gasteiger partial charge is 0.252 e. The Hall–Kier alpha value is -1.73. The van der Waals surface area contributed by atoms with Crippen LogP contribution in [-0.4, -0.2) is 44.6 Å². The Labute approximate surface area is 141 Å². The minimum Gasteiger partial charge on any atom is -0.352 e. The Morgan fingerprint density at radius 3 is 3.04 bits per heavy atom. The van der Waals surface area contributed by atoms with Crippen LogP contribution in [-0.2, 0) is 11.2 Å². The fraction of sp³-hybridized carbons (Fsp3) is 0.600. The third kappa shape index (κ3) is 3.97. The number of aryl methyl sites for hydroxylation is 2. The van der Waals surface area contributed by atoms with Gasteiger partial charge in [-0.25, -0.2) is 9.50 Å². The fourth-order valence-electron chi connectivity index (χ4n) is 3.03. The van der Waals surface area contributed by atoms with Crippen LogP contribution < -0.4 is 10.6 Å². The highest BCUT2D eigenvalue weighted by Crippen LogP contribution is 2.15. The average molecular weight is 339 g/mol. The zero-order chi connectivity index (χ0) is 15.5. The lowest BCUT2D eigenvalue weighted by Crippen LogP contribution is -2.45. The van der Waals surface area contributed by atoms with Crippen molar-refractivity contribution in [3.8, 4) is 0 Å². The maximum absolute atomic E-state index is 12.1. The fourth-order valence-corrected chi connectivity index (χ4v) is 3.03.